The van der Waals surface area contributed by atoms with Crippen molar-refractivity contribution in [2.24, 2.45) is 0 Å². The van der Waals surface area contributed by atoms with E-state index in [1.807, 2.05) is 21.0 Å². The first kappa shape index (κ1) is 19.2. The van der Waals surface area contributed by atoms with Crippen molar-refractivity contribution < 1.29 is 14.3 Å². The number of fused-ring (bicyclic) bond motifs is 1. The molecule has 144 valence electrons. The highest BCUT2D eigenvalue weighted by Crippen LogP contribution is 2.35. The summed E-state index contributed by atoms with van der Waals surface area (Å²) in [6.45, 7) is 4.29. The Labute approximate surface area is 160 Å². The Morgan fingerprint density at radius 2 is 1.93 bits per heavy atom. The van der Waals surface area contributed by atoms with Gasteiger partial charge in [-0.25, -0.2) is 4.79 Å². The molecule has 0 radical (unpaired) electrons. The average molecular weight is 368 g/mol. The van der Waals surface area contributed by atoms with Gasteiger partial charge in [0.2, 0.25) is 0 Å². The Kier molecular flexibility index (Phi) is 5.68. The summed E-state index contributed by atoms with van der Waals surface area (Å²) in [5.41, 5.74) is 4.96. The van der Waals surface area contributed by atoms with E-state index in [1.165, 1.54) is 0 Å². The maximum absolute atomic E-state index is 12.8. The highest BCUT2D eigenvalue weighted by atomic mass is 16.5. The molecule has 0 aliphatic heterocycles. The summed E-state index contributed by atoms with van der Waals surface area (Å²) in [5.74, 6) is -0.141. The number of nitrogens with one attached hydrogen (secondary N) is 1. The molecule has 1 heterocycles. The summed E-state index contributed by atoms with van der Waals surface area (Å²) in [7, 11) is 4.02. The number of esters is 1. The van der Waals surface area contributed by atoms with Gasteiger partial charge in [-0.05, 0) is 48.9 Å². The van der Waals surface area contributed by atoms with Gasteiger partial charge >= 0.3 is 5.97 Å². The summed E-state index contributed by atoms with van der Waals surface area (Å²) >= 11 is 0. The van der Waals surface area contributed by atoms with Crippen LogP contribution in [-0.2, 0) is 11.2 Å². The third-order valence-electron chi connectivity index (χ3n) is 5.30. The molecule has 1 aliphatic rings. The zero-order chi connectivity index (χ0) is 19.6. The van der Waals surface area contributed by atoms with Crippen molar-refractivity contribution in [3.63, 3.8) is 0 Å². The number of anilines is 1. The van der Waals surface area contributed by atoms with Gasteiger partial charge in [0.15, 0.2) is 5.78 Å². The lowest BCUT2D eigenvalue weighted by molar-refractivity contribution is 0.0492. The molecule has 1 aromatic heterocycles. The number of hydrogen-bond donors (Lipinski definition) is 1. The number of carbonyl (C=O) groups excluding carboxylic acids is 2. The number of rotatable bonds is 6. The number of H-pyrrole nitrogens is 1. The van der Waals surface area contributed by atoms with Crippen LogP contribution in [0, 0.1) is 6.92 Å². The van der Waals surface area contributed by atoms with Crippen molar-refractivity contribution >= 4 is 17.4 Å². The standard InChI is InChI=1S/C22H28N2O3/c1-5-6-11-27-22(26)21-14(2)20-18(23-21)12-16(13-19(20)25)15-7-9-17(10-8-15)24(3)4/h7-10,16,23H,5-6,11-13H2,1-4H3/t16-/m0/s1. The second kappa shape index (κ2) is 7.99. The maximum Gasteiger partial charge on any atom is 0.355 e. The SMILES string of the molecule is CCCCOC(=O)c1[nH]c2c(c1C)C(=O)C[C@@H](c1ccc(N(C)C)cc1)C2. The third kappa shape index (κ3) is 3.92. The Hall–Kier alpha value is -2.56. The molecule has 1 aromatic carbocycles. The number of aromatic nitrogens is 1. The van der Waals surface area contributed by atoms with Crippen molar-refractivity contribution in [3.05, 3.63) is 52.3 Å². The maximum atomic E-state index is 12.8. The molecule has 0 saturated carbocycles. The molecular weight excluding hydrogens is 340 g/mol. The van der Waals surface area contributed by atoms with Crippen molar-refractivity contribution in [2.75, 3.05) is 25.6 Å². The number of benzene rings is 1. The summed E-state index contributed by atoms with van der Waals surface area (Å²) < 4.78 is 5.32. The van der Waals surface area contributed by atoms with Gasteiger partial charge in [-0.3, -0.25) is 4.79 Å². The van der Waals surface area contributed by atoms with E-state index in [2.05, 4.69) is 41.1 Å². The van der Waals surface area contributed by atoms with Crippen molar-refractivity contribution in [1.82, 2.24) is 4.98 Å². The number of hydrogen-bond acceptors (Lipinski definition) is 4. The van der Waals surface area contributed by atoms with Crippen molar-refractivity contribution in [3.8, 4) is 0 Å². The Morgan fingerprint density at radius 3 is 2.56 bits per heavy atom. The van der Waals surface area contributed by atoms with E-state index in [4.69, 9.17) is 4.74 Å². The fraction of sp³-hybridized carbons (Fsp3) is 0.455. The molecule has 3 rings (SSSR count). The van der Waals surface area contributed by atoms with Crippen molar-refractivity contribution in [2.45, 2.75) is 45.4 Å². The van der Waals surface area contributed by atoms with Crippen LogP contribution < -0.4 is 4.90 Å². The van der Waals surface area contributed by atoms with Crippen LogP contribution in [0.15, 0.2) is 24.3 Å². The number of ketones is 1. The van der Waals surface area contributed by atoms with Crippen LogP contribution in [0.4, 0.5) is 5.69 Å². The van der Waals surface area contributed by atoms with E-state index >= 15 is 0 Å². The molecule has 0 spiro atoms. The van der Waals surface area contributed by atoms with Crippen LogP contribution in [0.2, 0.25) is 0 Å². The van der Waals surface area contributed by atoms with E-state index in [0.29, 0.717) is 24.3 Å². The smallest absolute Gasteiger partial charge is 0.355 e. The van der Waals surface area contributed by atoms with Crippen molar-refractivity contribution in [1.29, 1.82) is 0 Å². The molecule has 0 unspecified atom stereocenters. The minimum Gasteiger partial charge on any atom is -0.461 e. The van der Waals surface area contributed by atoms with Gasteiger partial charge in [0, 0.05) is 37.5 Å². The molecule has 5 nitrogen and oxygen atoms in total. The predicted molar refractivity (Wildman–Crippen MR) is 107 cm³/mol. The summed E-state index contributed by atoms with van der Waals surface area (Å²) in [4.78, 5) is 30.4. The minimum absolute atomic E-state index is 0.0966. The third-order valence-corrected chi connectivity index (χ3v) is 5.30. The summed E-state index contributed by atoms with van der Waals surface area (Å²) in [6, 6.07) is 8.33. The van der Waals surface area contributed by atoms with E-state index in [9.17, 15) is 9.59 Å². The average Bonchev–Trinajstić information content (AvgIpc) is 2.99. The highest BCUT2D eigenvalue weighted by molar-refractivity contribution is 6.03. The number of carbonyl (C=O) groups is 2. The van der Waals surface area contributed by atoms with Crippen LogP contribution in [0.5, 0.6) is 0 Å². The van der Waals surface area contributed by atoms with Gasteiger partial charge in [0.25, 0.3) is 0 Å². The van der Waals surface area contributed by atoms with Crippen LogP contribution in [0.25, 0.3) is 0 Å². The fourth-order valence-corrected chi connectivity index (χ4v) is 3.70. The molecule has 27 heavy (non-hydrogen) atoms. The lowest BCUT2D eigenvalue weighted by atomic mass is 9.81. The van der Waals surface area contributed by atoms with E-state index in [0.717, 1.165) is 41.8 Å². The number of ether oxygens (including phenoxy) is 1. The molecule has 2 aromatic rings. The van der Waals surface area contributed by atoms with Gasteiger partial charge in [0.1, 0.15) is 5.69 Å². The molecule has 0 fully saturated rings. The molecule has 1 aliphatic carbocycles. The number of nitrogens with zero attached hydrogens (tertiary/aromatic N) is 1. The number of unbranched alkanes of at least 4 members (excludes halogenated alkanes) is 1. The van der Waals surface area contributed by atoms with Gasteiger partial charge in [-0.15, -0.1) is 0 Å². The van der Waals surface area contributed by atoms with Crippen LogP contribution >= 0.6 is 0 Å². The number of aromatic amines is 1. The first-order valence-corrected chi connectivity index (χ1v) is 9.61. The predicted octanol–water partition coefficient (Wildman–Crippen LogP) is 4.26. The van der Waals surface area contributed by atoms with Gasteiger partial charge in [-0.1, -0.05) is 25.5 Å². The quantitative estimate of drug-likeness (QED) is 0.611. The molecule has 0 amide bonds. The minimum atomic E-state index is -0.366. The second-order valence-electron chi connectivity index (χ2n) is 7.48. The zero-order valence-corrected chi connectivity index (χ0v) is 16.6. The van der Waals surface area contributed by atoms with E-state index < -0.39 is 0 Å². The second-order valence-corrected chi connectivity index (χ2v) is 7.48. The Balaban J connectivity index is 1.81. The van der Waals surface area contributed by atoms with Crippen LogP contribution in [-0.4, -0.2) is 37.4 Å². The topological polar surface area (TPSA) is 62.4 Å². The largest absolute Gasteiger partial charge is 0.461 e. The lowest BCUT2D eigenvalue weighted by Crippen LogP contribution is -2.18. The first-order valence-electron chi connectivity index (χ1n) is 9.61. The molecule has 1 N–H and O–H groups in total. The zero-order valence-electron chi connectivity index (χ0n) is 16.6. The summed E-state index contributed by atoms with van der Waals surface area (Å²) in [5, 5.41) is 0. The van der Waals surface area contributed by atoms with Crippen LogP contribution in [0.1, 0.15) is 69.8 Å². The molecular formula is C22H28N2O3. The summed E-state index contributed by atoms with van der Waals surface area (Å²) in [6.07, 6.45) is 3.01. The van der Waals surface area contributed by atoms with E-state index in [1.54, 1.807) is 0 Å². The first-order chi connectivity index (χ1) is 12.9. The molecule has 5 heteroatoms. The van der Waals surface area contributed by atoms with Crippen LogP contribution in [0.3, 0.4) is 0 Å². The monoisotopic (exact) mass is 368 g/mol. The van der Waals surface area contributed by atoms with Gasteiger partial charge in [0.05, 0.1) is 6.61 Å². The molecule has 1 atom stereocenters. The van der Waals surface area contributed by atoms with E-state index in [-0.39, 0.29) is 17.7 Å². The molecule has 0 bridgehead atoms. The molecule has 0 saturated heterocycles. The van der Waals surface area contributed by atoms with Gasteiger partial charge < -0.3 is 14.6 Å². The highest BCUT2D eigenvalue weighted by Gasteiger charge is 2.32. The Morgan fingerprint density at radius 1 is 1.22 bits per heavy atom. The van der Waals surface area contributed by atoms with Gasteiger partial charge in [-0.2, -0.15) is 0 Å². The normalized spacial score (nSPS) is 16.1. The Bertz CT molecular complexity index is 834. The fourth-order valence-electron chi connectivity index (χ4n) is 3.70. The lowest BCUT2D eigenvalue weighted by Gasteiger charge is -2.23. The number of Topliss-reactive ketones (excluding diaryl/α,β-unsaturated/α-hetero) is 1.